The molecule has 24 heavy (non-hydrogen) atoms. The molecule has 0 aliphatic carbocycles. The number of hydrogen-bond acceptors (Lipinski definition) is 5. The summed E-state index contributed by atoms with van der Waals surface area (Å²) in [5, 5.41) is 3.27. The summed E-state index contributed by atoms with van der Waals surface area (Å²) in [6.45, 7) is 3.25. The zero-order valence-corrected chi connectivity index (χ0v) is 13.3. The number of aromatic nitrogens is 3. The molecule has 0 saturated carbocycles. The smallest absolute Gasteiger partial charge is 0.150 e. The van der Waals surface area contributed by atoms with Crippen molar-refractivity contribution in [2.45, 2.75) is 0 Å². The van der Waals surface area contributed by atoms with Gasteiger partial charge in [0.15, 0.2) is 0 Å². The van der Waals surface area contributed by atoms with Crippen LogP contribution in [0.1, 0.15) is 0 Å². The van der Waals surface area contributed by atoms with E-state index in [0.29, 0.717) is 0 Å². The average Bonchev–Trinajstić information content (AvgIpc) is 3.12. The van der Waals surface area contributed by atoms with E-state index in [-0.39, 0.29) is 0 Å². The summed E-state index contributed by atoms with van der Waals surface area (Å²) < 4.78 is 7.37. The van der Waals surface area contributed by atoms with E-state index >= 15 is 0 Å². The Kier molecular flexibility index (Phi) is 4.12. The fourth-order valence-electron chi connectivity index (χ4n) is 2.72. The molecule has 1 aliphatic heterocycles. The van der Waals surface area contributed by atoms with Crippen LogP contribution < -0.4 is 10.2 Å². The summed E-state index contributed by atoms with van der Waals surface area (Å²) in [6, 6.07) is 16.1. The SMILES string of the molecule is c1ccc(-n2cnc(Nc3cccc(N4CCOCC4)n3)c2)cc1. The normalized spacial score (nSPS) is 14.6. The lowest BCUT2D eigenvalue weighted by atomic mass is 10.3. The topological polar surface area (TPSA) is 55.2 Å². The zero-order valence-electron chi connectivity index (χ0n) is 13.3. The summed E-state index contributed by atoms with van der Waals surface area (Å²) in [5.41, 5.74) is 1.08. The van der Waals surface area contributed by atoms with E-state index in [1.165, 1.54) is 0 Å². The lowest BCUT2D eigenvalue weighted by Crippen LogP contribution is -2.36. The molecule has 0 amide bonds. The fraction of sp³-hybridized carbons (Fsp3) is 0.222. The van der Waals surface area contributed by atoms with Crippen LogP contribution in [-0.4, -0.2) is 40.8 Å². The Labute approximate surface area is 140 Å². The van der Waals surface area contributed by atoms with Gasteiger partial charge in [-0.1, -0.05) is 24.3 Å². The van der Waals surface area contributed by atoms with Gasteiger partial charge in [0, 0.05) is 18.8 Å². The molecular formula is C18H19N5O. The maximum absolute atomic E-state index is 5.39. The number of hydrogen-bond donors (Lipinski definition) is 1. The second-order valence-electron chi connectivity index (χ2n) is 5.61. The van der Waals surface area contributed by atoms with Crippen LogP contribution in [0.15, 0.2) is 61.1 Å². The Morgan fingerprint density at radius 2 is 1.75 bits per heavy atom. The average molecular weight is 321 g/mol. The molecule has 3 heterocycles. The van der Waals surface area contributed by atoms with Crippen LogP contribution in [0.4, 0.5) is 17.5 Å². The molecule has 122 valence electrons. The van der Waals surface area contributed by atoms with Crippen molar-refractivity contribution in [2.75, 3.05) is 36.5 Å². The minimum Gasteiger partial charge on any atom is -0.378 e. The highest BCUT2D eigenvalue weighted by molar-refractivity contribution is 5.55. The number of para-hydroxylation sites is 1. The highest BCUT2D eigenvalue weighted by Gasteiger charge is 2.12. The highest BCUT2D eigenvalue weighted by Crippen LogP contribution is 2.19. The van der Waals surface area contributed by atoms with Gasteiger partial charge in [-0.2, -0.15) is 0 Å². The fourth-order valence-corrected chi connectivity index (χ4v) is 2.72. The summed E-state index contributed by atoms with van der Waals surface area (Å²) >= 11 is 0. The molecule has 0 bridgehead atoms. The maximum atomic E-state index is 5.39. The van der Waals surface area contributed by atoms with Gasteiger partial charge in [-0.15, -0.1) is 0 Å². The Hall–Kier alpha value is -2.86. The summed E-state index contributed by atoms with van der Waals surface area (Å²) in [7, 11) is 0. The van der Waals surface area contributed by atoms with Gasteiger partial charge >= 0.3 is 0 Å². The Morgan fingerprint density at radius 1 is 0.917 bits per heavy atom. The third-order valence-electron chi connectivity index (χ3n) is 3.96. The molecule has 0 radical (unpaired) electrons. The first kappa shape index (κ1) is 14.7. The Balaban J connectivity index is 1.50. The first-order valence-corrected chi connectivity index (χ1v) is 8.05. The van der Waals surface area contributed by atoms with Crippen molar-refractivity contribution in [3.05, 3.63) is 61.1 Å². The van der Waals surface area contributed by atoms with Crippen LogP contribution in [0.2, 0.25) is 0 Å². The predicted molar refractivity (Wildman–Crippen MR) is 94.1 cm³/mol. The van der Waals surface area contributed by atoms with E-state index in [2.05, 4.69) is 20.2 Å². The molecule has 6 nitrogen and oxygen atoms in total. The van der Waals surface area contributed by atoms with E-state index in [1.54, 1.807) is 6.33 Å². The van der Waals surface area contributed by atoms with E-state index in [1.807, 2.05) is 59.3 Å². The van der Waals surface area contributed by atoms with Gasteiger partial charge in [0.05, 0.1) is 19.4 Å². The first-order chi connectivity index (χ1) is 11.9. The third kappa shape index (κ3) is 3.23. The molecule has 0 unspecified atom stereocenters. The third-order valence-corrected chi connectivity index (χ3v) is 3.96. The molecule has 1 aromatic carbocycles. The number of nitrogens with zero attached hydrogens (tertiary/aromatic N) is 4. The molecule has 6 heteroatoms. The Morgan fingerprint density at radius 3 is 2.58 bits per heavy atom. The lowest BCUT2D eigenvalue weighted by Gasteiger charge is -2.27. The number of morpholine rings is 1. The summed E-state index contributed by atoms with van der Waals surface area (Å²) in [4.78, 5) is 11.3. The van der Waals surface area contributed by atoms with Crippen molar-refractivity contribution in [3.63, 3.8) is 0 Å². The van der Waals surface area contributed by atoms with Gasteiger partial charge in [0.1, 0.15) is 23.8 Å². The van der Waals surface area contributed by atoms with E-state index < -0.39 is 0 Å². The van der Waals surface area contributed by atoms with Gasteiger partial charge in [-0.3, -0.25) is 0 Å². The van der Waals surface area contributed by atoms with Crippen molar-refractivity contribution in [2.24, 2.45) is 0 Å². The Bertz CT molecular complexity index is 796. The van der Waals surface area contributed by atoms with Crippen molar-refractivity contribution < 1.29 is 4.74 Å². The van der Waals surface area contributed by atoms with Gasteiger partial charge < -0.3 is 19.5 Å². The van der Waals surface area contributed by atoms with Gasteiger partial charge in [-0.05, 0) is 24.3 Å². The van der Waals surface area contributed by atoms with Crippen molar-refractivity contribution in [3.8, 4) is 5.69 Å². The number of nitrogens with one attached hydrogen (secondary N) is 1. The number of benzene rings is 1. The molecule has 1 aliphatic rings. The molecule has 2 aromatic heterocycles. The minimum atomic E-state index is 0.751. The summed E-state index contributed by atoms with van der Waals surface area (Å²) in [6.07, 6.45) is 3.75. The van der Waals surface area contributed by atoms with Crippen LogP contribution >= 0.6 is 0 Å². The van der Waals surface area contributed by atoms with Crippen LogP contribution in [0, 0.1) is 0 Å². The molecule has 3 aromatic rings. The molecule has 4 rings (SSSR count). The van der Waals surface area contributed by atoms with Crippen molar-refractivity contribution in [1.29, 1.82) is 0 Å². The minimum absolute atomic E-state index is 0.751. The van der Waals surface area contributed by atoms with Crippen LogP contribution in [-0.2, 0) is 4.74 Å². The number of rotatable bonds is 4. The van der Waals surface area contributed by atoms with E-state index in [0.717, 1.165) is 49.4 Å². The van der Waals surface area contributed by atoms with Crippen molar-refractivity contribution >= 4 is 17.5 Å². The maximum Gasteiger partial charge on any atom is 0.150 e. The molecule has 0 atom stereocenters. The van der Waals surface area contributed by atoms with Crippen LogP contribution in [0.25, 0.3) is 5.69 Å². The lowest BCUT2D eigenvalue weighted by molar-refractivity contribution is 0.122. The highest BCUT2D eigenvalue weighted by atomic mass is 16.5. The largest absolute Gasteiger partial charge is 0.378 e. The van der Waals surface area contributed by atoms with Crippen LogP contribution in [0.3, 0.4) is 0 Å². The molecule has 1 N–H and O–H groups in total. The molecule has 1 saturated heterocycles. The van der Waals surface area contributed by atoms with E-state index in [4.69, 9.17) is 4.74 Å². The molecular weight excluding hydrogens is 302 g/mol. The molecule has 0 spiro atoms. The van der Waals surface area contributed by atoms with Crippen molar-refractivity contribution in [1.82, 2.24) is 14.5 Å². The monoisotopic (exact) mass is 321 g/mol. The first-order valence-electron chi connectivity index (χ1n) is 8.05. The zero-order chi connectivity index (χ0) is 16.2. The van der Waals surface area contributed by atoms with Crippen LogP contribution in [0.5, 0.6) is 0 Å². The van der Waals surface area contributed by atoms with Gasteiger partial charge in [0.2, 0.25) is 0 Å². The number of ether oxygens (including phenoxy) is 1. The molecule has 1 fully saturated rings. The van der Waals surface area contributed by atoms with Gasteiger partial charge in [-0.25, -0.2) is 9.97 Å². The standard InChI is InChI=1S/C18H19N5O/c1-2-5-15(6-3-1)23-13-17(19-14-23)20-16-7-4-8-18(21-16)22-9-11-24-12-10-22/h1-8,13-14H,9-12H2,(H,20,21). The number of anilines is 3. The summed E-state index contributed by atoms with van der Waals surface area (Å²) in [5.74, 6) is 2.52. The second kappa shape index (κ2) is 6.72. The number of pyridine rings is 1. The van der Waals surface area contributed by atoms with Gasteiger partial charge in [0.25, 0.3) is 0 Å². The second-order valence-corrected chi connectivity index (χ2v) is 5.61. The number of imidazole rings is 1. The van der Waals surface area contributed by atoms with E-state index in [9.17, 15) is 0 Å². The predicted octanol–water partition coefficient (Wildman–Crippen LogP) is 2.85. The quantitative estimate of drug-likeness (QED) is 0.801.